The molecule has 0 radical (unpaired) electrons. The monoisotopic (exact) mass is 282 g/mol. The molecule has 0 bridgehead atoms. The van der Waals surface area contributed by atoms with Crippen LogP contribution in [0.5, 0.6) is 0 Å². The number of rotatable bonds is 3. The minimum atomic E-state index is -4.57. The van der Waals surface area contributed by atoms with E-state index in [0.717, 1.165) is 12.1 Å². The Kier molecular flexibility index (Phi) is 3.61. The van der Waals surface area contributed by atoms with Crippen LogP contribution in [-0.4, -0.2) is 9.97 Å². The van der Waals surface area contributed by atoms with Crippen LogP contribution in [0.1, 0.15) is 22.9 Å². The third-order valence-corrected chi connectivity index (χ3v) is 2.38. The van der Waals surface area contributed by atoms with Crippen LogP contribution in [0.2, 0.25) is 0 Å². The molecule has 0 fully saturated rings. The molecule has 0 saturated heterocycles. The number of hydrogen-bond acceptors (Lipinski definition) is 5. The van der Waals surface area contributed by atoms with Crippen molar-refractivity contribution in [1.82, 2.24) is 9.97 Å². The van der Waals surface area contributed by atoms with E-state index in [2.05, 4.69) is 15.3 Å². The number of halogens is 3. The van der Waals surface area contributed by atoms with Gasteiger partial charge in [-0.2, -0.15) is 18.4 Å². The largest absolute Gasteiger partial charge is 0.444 e. The zero-order valence-electron chi connectivity index (χ0n) is 10.3. The maximum absolute atomic E-state index is 12.6. The van der Waals surface area contributed by atoms with Gasteiger partial charge in [0.2, 0.25) is 5.89 Å². The van der Waals surface area contributed by atoms with Crippen molar-refractivity contribution in [3.8, 4) is 6.07 Å². The van der Waals surface area contributed by atoms with Gasteiger partial charge in [0, 0.05) is 0 Å². The van der Waals surface area contributed by atoms with E-state index in [-0.39, 0.29) is 17.9 Å². The molecule has 0 unspecified atom stereocenters. The van der Waals surface area contributed by atoms with Crippen LogP contribution in [0.4, 0.5) is 19.0 Å². The summed E-state index contributed by atoms with van der Waals surface area (Å²) in [6, 6.07) is 3.60. The number of aryl methyl sites for hydroxylation is 1. The van der Waals surface area contributed by atoms with Gasteiger partial charge in [0.1, 0.15) is 23.3 Å². The van der Waals surface area contributed by atoms with E-state index >= 15 is 0 Å². The van der Waals surface area contributed by atoms with Crippen molar-refractivity contribution in [2.75, 3.05) is 5.32 Å². The highest BCUT2D eigenvalue weighted by molar-refractivity contribution is 5.52. The van der Waals surface area contributed by atoms with Gasteiger partial charge in [-0.15, -0.1) is 0 Å². The molecule has 104 valence electrons. The zero-order valence-corrected chi connectivity index (χ0v) is 10.3. The molecule has 2 aromatic rings. The minimum Gasteiger partial charge on any atom is -0.444 e. The Morgan fingerprint density at radius 1 is 1.40 bits per heavy atom. The Morgan fingerprint density at radius 2 is 2.15 bits per heavy atom. The number of aromatic nitrogens is 2. The van der Waals surface area contributed by atoms with E-state index in [9.17, 15) is 13.2 Å². The second-order valence-electron chi connectivity index (χ2n) is 3.92. The number of nitrogens with zero attached hydrogens (tertiary/aromatic N) is 3. The zero-order chi connectivity index (χ0) is 14.8. The van der Waals surface area contributed by atoms with Crippen LogP contribution in [0.25, 0.3) is 0 Å². The Hall–Kier alpha value is -2.56. The molecule has 0 aromatic carbocycles. The first-order valence-corrected chi connectivity index (χ1v) is 5.53. The smallest absolute Gasteiger partial charge is 0.433 e. The van der Waals surface area contributed by atoms with Crippen LogP contribution in [0.3, 0.4) is 0 Å². The van der Waals surface area contributed by atoms with Gasteiger partial charge in [-0.05, 0) is 19.1 Å². The summed E-state index contributed by atoms with van der Waals surface area (Å²) in [5.74, 6) is 0.725. The van der Waals surface area contributed by atoms with Crippen LogP contribution in [-0.2, 0) is 12.7 Å². The quantitative estimate of drug-likeness (QED) is 0.936. The van der Waals surface area contributed by atoms with E-state index < -0.39 is 11.9 Å². The third-order valence-electron chi connectivity index (χ3n) is 2.38. The van der Waals surface area contributed by atoms with Gasteiger partial charge in [-0.1, -0.05) is 0 Å². The SMILES string of the molecule is Cc1cnc(CNc2nc(C(F)(F)F)ccc2C#N)o1. The van der Waals surface area contributed by atoms with Gasteiger partial charge < -0.3 is 9.73 Å². The first kappa shape index (κ1) is 13.9. The number of nitriles is 1. The van der Waals surface area contributed by atoms with Crippen LogP contribution >= 0.6 is 0 Å². The molecule has 1 N–H and O–H groups in total. The average molecular weight is 282 g/mol. The van der Waals surface area contributed by atoms with Crippen LogP contribution in [0.15, 0.2) is 22.7 Å². The summed E-state index contributed by atoms with van der Waals surface area (Å²) in [6.07, 6.45) is -3.08. The van der Waals surface area contributed by atoms with Gasteiger partial charge in [-0.3, -0.25) is 0 Å². The molecule has 0 saturated carbocycles. The summed E-state index contributed by atoms with van der Waals surface area (Å²) in [4.78, 5) is 7.30. The first-order valence-electron chi connectivity index (χ1n) is 5.53. The molecule has 8 heteroatoms. The third kappa shape index (κ3) is 3.06. The summed E-state index contributed by atoms with van der Waals surface area (Å²) >= 11 is 0. The maximum Gasteiger partial charge on any atom is 0.433 e. The highest BCUT2D eigenvalue weighted by Gasteiger charge is 2.33. The van der Waals surface area contributed by atoms with Gasteiger partial charge in [0.05, 0.1) is 18.3 Å². The van der Waals surface area contributed by atoms with Crippen molar-refractivity contribution in [2.45, 2.75) is 19.6 Å². The van der Waals surface area contributed by atoms with Gasteiger partial charge >= 0.3 is 6.18 Å². The van der Waals surface area contributed by atoms with Crippen molar-refractivity contribution >= 4 is 5.82 Å². The van der Waals surface area contributed by atoms with E-state index in [1.807, 2.05) is 0 Å². The highest BCUT2D eigenvalue weighted by Crippen LogP contribution is 2.29. The van der Waals surface area contributed by atoms with Gasteiger partial charge in [0.15, 0.2) is 0 Å². The molecule has 2 rings (SSSR count). The van der Waals surface area contributed by atoms with Crippen molar-refractivity contribution in [2.24, 2.45) is 0 Å². The van der Waals surface area contributed by atoms with Crippen molar-refractivity contribution in [1.29, 1.82) is 5.26 Å². The Morgan fingerprint density at radius 3 is 2.70 bits per heavy atom. The molecule has 5 nitrogen and oxygen atoms in total. The molecule has 0 spiro atoms. The van der Waals surface area contributed by atoms with Crippen molar-refractivity contribution in [3.63, 3.8) is 0 Å². The Bertz CT molecular complexity index is 657. The predicted molar refractivity (Wildman–Crippen MR) is 62.5 cm³/mol. The topological polar surface area (TPSA) is 74.7 Å². The standard InChI is InChI=1S/C12H9F3N4O/c1-7-5-17-10(20-7)6-18-11-8(4-16)2-3-9(19-11)12(13,14)15/h2-3,5H,6H2,1H3,(H,18,19). The maximum atomic E-state index is 12.6. The lowest BCUT2D eigenvalue weighted by Crippen LogP contribution is -2.11. The van der Waals surface area contributed by atoms with Crippen molar-refractivity contribution in [3.05, 3.63) is 41.2 Å². The average Bonchev–Trinajstić information content (AvgIpc) is 2.80. The normalized spacial score (nSPS) is 11.2. The number of pyridine rings is 1. The highest BCUT2D eigenvalue weighted by atomic mass is 19.4. The second kappa shape index (κ2) is 5.21. The predicted octanol–water partition coefficient (Wildman–Crippen LogP) is 2.88. The van der Waals surface area contributed by atoms with E-state index in [0.29, 0.717) is 11.7 Å². The van der Waals surface area contributed by atoms with Gasteiger partial charge in [-0.25, -0.2) is 9.97 Å². The molecule has 0 atom stereocenters. The molecule has 0 aliphatic heterocycles. The molecule has 2 heterocycles. The summed E-state index contributed by atoms with van der Waals surface area (Å²) < 4.78 is 42.9. The molecule has 0 aliphatic carbocycles. The first-order chi connectivity index (χ1) is 9.40. The summed E-state index contributed by atoms with van der Waals surface area (Å²) in [6.45, 7) is 1.73. The van der Waals surface area contributed by atoms with Crippen LogP contribution < -0.4 is 5.32 Å². The van der Waals surface area contributed by atoms with E-state index in [1.54, 1.807) is 13.0 Å². The lowest BCUT2D eigenvalue weighted by molar-refractivity contribution is -0.141. The van der Waals surface area contributed by atoms with E-state index in [1.165, 1.54) is 6.20 Å². The molecule has 0 amide bonds. The number of alkyl halides is 3. The fraction of sp³-hybridized carbons (Fsp3) is 0.250. The fourth-order valence-corrected chi connectivity index (χ4v) is 1.48. The Balaban J connectivity index is 2.23. The molecular weight excluding hydrogens is 273 g/mol. The lowest BCUT2D eigenvalue weighted by atomic mass is 10.2. The second-order valence-corrected chi connectivity index (χ2v) is 3.92. The number of oxazole rings is 1. The molecule has 2 aromatic heterocycles. The number of nitrogens with one attached hydrogen (secondary N) is 1. The molecule has 0 aliphatic rings. The number of hydrogen-bond donors (Lipinski definition) is 1. The number of anilines is 1. The summed E-state index contributed by atoms with van der Waals surface area (Å²) in [7, 11) is 0. The molecule has 20 heavy (non-hydrogen) atoms. The fourth-order valence-electron chi connectivity index (χ4n) is 1.48. The Labute approximate surface area is 112 Å². The van der Waals surface area contributed by atoms with Crippen LogP contribution in [0, 0.1) is 18.3 Å². The lowest BCUT2D eigenvalue weighted by Gasteiger charge is -2.10. The van der Waals surface area contributed by atoms with Crippen molar-refractivity contribution < 1.29 is 17.6 Å². The summed E-state index contributed by atoms with van der Waals surface area (Å²) in [5, 5.41) is 11.5. The molecular formula is C12H9F3N4O. The summed E-state index contributed by atoms with van der Waals surface area (Å²) in [5.41, 5.74) is -1.05. The minimum absolute atomic E-state index is 0.0151. The van der Waals surface area contributed by atoms with Gasteiger partial charge in [0.25, 0.3) is 0 Å². The van der Waals surface area contributed by atoms with E-state index in [4.69, 9.17) is 9.68 Å².